The van der Waals surface area contributed by atoms with Crippen molar-refractivity contribution in [2.45, 2.75) is 71.1 Å². The van der Waals surface area contributed by atoms with Gasteiger partial charge in [-0.05, 0) is 74.5 Å². The van der Waals surface area contributed by atoms with E-state index >= 15 is 0 Å². The minimum Gasteiger partial charge on any atom is -0.481 e. The highest BCUT2D eigenvalue weighted by Gasteiger charge is 2.59. The molecule has 4 aliphatic rings. The minimum absolute atomic E-state index is 0.423. The van der Waals surface area contributed by atoms with Gasteiger partial charge in [-0.3, -0.25) is 4.79 Å². The normalized spacial score (nSPS) is 48.8. The summed E-state index contributed by atoms with van der Waals surface area (Å²) in [5, 5.41) is 10.1. The molecule has 3 fully saturated rings. The zero-order valence-corrected chi connectivity index (χ0v) is 13.2. The Morgan fingerprint density at radius 1 is 1.14 bits per heavy atom. The maximum absolute atomic E-state index is 12.3. The van der Waals surface area contributed by atoms with E-state index in [0.29, 0.717) is 17.3 Å². The van der Waals surface area contributed by atoms with Crippen LogP contribution in [0, 0.1) is 28.6 Å². The van der Waals surface area contributed by atoms with E-state index in [1.165, 1.54) is 37.7 Å². The fourth-order valence-electron chi connectivity index (χ4n) is 6.71. The Hall–Kier alpha value is -0.790. The minimum atomic E-state index is -0.509. The summed E-state index contributed by atoms with van der Waals surface area (Å²) in [7, 11) is 0. The van der Waals surface area contributed by atoms with Gasteiger partial charge in [-0.15, -0.1) is 0 Å². The standard InChI is InChI=1S/C19H28O2/c1-18-10-4-6-15(18)14-8-7-13-5-2-3-11-19(13,17(20)21)16(14)9-12-18/h7,14-16H,2-6,8-12H2,1H3,(H,20,21)/t14-,15-,16-,18-,19+/m0/s1. The van der Waals surface area contributed by atoms with Crippen molar-refractivity contribution >= 4 is 5.97 Å². The van der Waals surface area contributed by atoms with Gasteiger partial charge in [-0.1, -0.05) is 31.4 Å². The highest BCUT2D eigenvalue weighted by molar-refractivity contribution is 5.80. The summed E-state index contributed by atoms with van der Waals surface area (Å²) in [5.74, 6) is 1.34. The zero-order valence-electron chi connectivity index (χ0n) is 13.2. The molecule has 0 spiro atoms. The Morgan fingerprint density at radius 3 is 2.81 bits per heavy atom. The van der Waals surface area contributed by atoms with Gasteiger partial charge in [-0.2, -0.15) is 0 Å². The SMILES string of the molecule is C[C@@]12CCC[C@H]1[C@@H]1CC=C3CCCC[C@]3(C(=O)O)[C@H]1CC2. The predicted molar refractivity (Wildman–Crippen MR) is 82.9 cm³/mol. The van der Waals surface area contributed by atoms with E-state index in [0.717, 1.165) is 38.0 Å². The van der Waals surface area contributed by atoms with Crippen molar-refractivity contribution in [3.05, 3.63) is 11.6 Å². The molecule has 0 bridgehead atoms. The fourth-order valence-corrected chi connectivity index (χ4v) is 6.71. The molecule has 4 rings (SSSR count). The van der Waals surface area contributed by atoms with Crippen LogP contribution in [-0.4, -0.2) is 11.1 Å². The molecule has 3 saturated carbocycles. The van der Waals surface area contributed by atoms with Gasteiger partial charge in [0.1, 0.15) is 0 Å². The van der Waals surface area contributed by atoms with Crippen LogP contribution in [0.1, 0.15) is 71.1 Å². The lowest BCUT2D eigenvalue weighted by Crippen LogP contribution is -2.52. The molecule has 4 aliphatic carbocycles. The molecule has 0 heterocycles. The van der Waals surface area contributed by atoms with Crippen LogP contribution in [0.15, 0.2) is 11.6 Å². The van der Waals surface area contributed by atoms with E-state index in [9.17, 15) is 9.90 Å². The molecular formula is C19H28O2. The third kappa shape index (κ3) is 1.74. The molecular weight excluding hydrogens is 260 g/mol. The third-order valence-corrected chi connectivity index (χ3v) is 7.71. The Morgan fingerprint density at radius 2 is 2.00 bits per heavy atom. The summed E-state index contributed by atoms with van der Waals surface area (Å²) < 4.78 is 0. The van der Waals surface area contributed by atoms with E-state index in [-0.39, 0.29) is 0 Å². The monoisotopic (exact) mass is 288 g/mol. The fraction of sp³-hybridized carbons (Fsp3) is 0.842. The smallest absolute Gasteiger partial charge is 0.314 e. The lowest BCUT2D eigenvalue weighted by atomic mass is 9.47. The molecule has 0 aromatic rings. The van der Waals surface area contributed by atoms with Gasteiger partial charge in [0.05, 0.1) is 5.41 Å². The number of rotatable bonds is 1. The van der Waals surface area contributed by atoms with Crippen molar-refractivity contribution in [3.63, 3.8) is 0 Å². The quantitative estimate of drug-likeness (QED) is 0.704. The number of hydrogen-bond donors (Lipinski definition) is 1. The molecule has 2 nitrogen and oxygen atoms in total. The maximum atomic E-state index is 12.3. The number of aliphatic carboxylic acids is 1. The van der Waals surface area contributed by atoms with E-state index in [4.69, 9.17) is 0 Å². The first kappa shape index (κ1) is 13.8. The molecule has 1 N–H and O–H groups in total. The second-order valence-electron chi connectivity index (χ2n) is 8.41. The first-order valence-electron chi connectivity index (χ1n) is 9.01. The average Bonchev–Trinajstić information content (AvgIpc) is 2.88. The number of carbonyl (C=O) groups is 1. The topological polar surface area (TPSA) is 37.3 Å². The number of allylic oxidation sites excluding steroid dienone is 1. The lowest BCUT2D eigenvalue weighted by molar-refractivity contribution is -0.157. The summed E-state index contributed by atoms with van der Waals surface area (Å²) in [6.07, 6.45) is 14.3. The second kappa shape index (κ2) is 4.60. The Kier molecular flexibility index (Phi) is 3.03. The van der Waals surface area contributed by atoms with Crippen molar-refractivity contribution in [3.8, 4) is 0 Å². The van der Waals surface area contributed by atoms with Gasteiger partial charge in [0.25, 0.3) is 0 Å². The Balaban J connectivity index is 1.76. The lowest BCUT2D eigenvalue weighted by Gasteiger charge is -2.56. The van der Waals surface area contributed by atoms with Crippen LogP contribution in [0.5, 0.6) is 0 Å². The summed E-state index contributed by atoms with van der Waals surface area (Å²) in [6.45, 7) is 2.48. The molecule has 21 heavy (non-hydrogen) atoms. The molecule has 0 radical (unpaired) electrons. The largest absolute Gasteiger partial charge is 0.481 e. The summed E-state index contributed by atoms with van der Waals surface area (Å²) in [4.78, 5) is 12.3. The average molecular weight is 288 g/mol. The highest BCUT2D eigenvalue weighted by atomic mass is 16.4. The van der Waals surface area contributed by atoms with Crippen molar-refractivity contribution in [2.75, 3.05) is 0 Å². The molecule has 0 aromatic heterocycles. The van der Waals surface area contributed by atoms with Crippen molar-refractivity contribution < 1.29 is 9.90 Å². The molecule has 2 heteroatoms. The number of carboxylic acids is 1. The van der Waals surface area contributed by atoms with Crippen LogP contribution in [0.3, 0.4) is 0 Å². The molecule has 0 aliphatic heterocycles. The third-order valence-electron chi connectivity index (χ3n) is 7.71. The van der Waals surface area contributed by atoms with Crippen LogP contribution < -0.4 is 0 Å². The van der Waals surface area contributed by atoms with Gasteiger partial charge < -0.3 is 5.11 Å². The number of hydrogen-bond acceptors (Lipinski definition) is 1. The molecule has 0 saturated heterocycles. The van der Waals surface area contributed by atoms with Crippen molar-refractivity contribution in [1.29, 1.82) is 0 Å². The van der Waals surface area contributed by atoms with Gasteiger partial charge in [0.2, 0.25) is 0 Å². The van der Waals surface area contributed by atoms with Crippen LogP contribution >= 0.6 is 0 Å². The maximum Gasteiger partial charge on any atom is 0.314 e. The van der Waals surface area contributed by atoms with E-state index < -0.39 is 11.4 Å². The summed E-state index contributed by atoms with van der Waals surface area (Å²) >= 11 is 0. The van der Waals surface area contributed by atoms with Gasteiger partial charge >= 0.3 is 5.97 Å². The van der Waals surface area contributed by atoms with Crippen molar-refractivity contribution in [2.24, 2.45) is 28.6 Å². The predicted octanol–water partition coefficient (Wildman–Crippen LogP) is 4.79. The Labute approximate surface area is 128 Å². The van der Waals surface area contributed by atoms with Gasteiger partial charge in [-0.25, -0.2) is 0 Å². The summed E-state index contributed by atoms with van der Waals surface area (Å²) in [6, 6.07) is 0. The molecule has 116 valence electrons. The molecule has 5 atom stereocenters. The molecule has 0 aromatic carbocycles. The van der Waals surface area contributed by atoms with Gasteiger partial charge in [0.15, 0.2) is 0 Å². The number of fused-ring (bicyclic) bond motifs is 5. The first-order valence-corrected chi connectivity index (χ1v) is 9.01. The van der Waals surface area contributed by atoms with E-state index in [1.54, 1.807) is 0 Å². The van der Waals surface area contributed by atoms with Crippen LogP contribution in [0.25, 0.3) is 0 Å². The molecule has 0 amide bonds. The van der Waals surface area contributed by atoms with Crippen molar-refractivity contribution in [1.82, 2.24) is 0 Å². The second-order valence-corrected chi connectivity index (χ2v) is 8.41. The van der Waals surface area contributed by atoms with E-state index in [1.807, 2.05) is 0 Å². The van der Waals surface area contributed by atoms with Crippen LogP contribution in [0.2, 0.25) is 0 Å². The molecule has 0 unspecified atom stereocenters. The van der Waals surface area contributed by atoms with Gasteiger partial charge in [0, 0.05) is 0 Å². The number of carboxylic acid groups (broad SMARTS) is 1. The summed E-state index contributed by atoms with van der Waals surface area (Å²) in [5.41, 5.74) is 1.33. The van der Waals surface area contributed by atoms with Crippen LogP contribution in [0.4, 0.5) is 0 Å². The van der Waals surface area contributed by atoms with E-state index in [2.05, 4.69) is 13.0 Å². The first-order chi connectivity index (χ1) is 10.1. The zero-order chi connectivity index (χ0) is 14.7. The highest BCUT2D eigenvalue weighted by Crippen LogP contribution is 2.64. The Bertz CT molecular complexity index is 494. The van der Waals surface area contributed by atoms with Crippen LogP contribution in [-0.2, 0) is 4.79 Å².